The molecule has 0 saturated heterocycles. The lowest BCUT2D eigenvalue weighted by Crippen LogP contribution is -1.94. The first-order valence-corrected chi connectivity index (χ1v) is 3.86. The van der Waals surface area contributed by atoms with Gasteiger partial charge in [0.2, 0.25) is 0 Å². The molecule has 0 aliphatic carbocycles. The summed E-state index contributed by atoms with van der Waals surface area (Å²) in [5, 5.41) is 0. The lowest BCUT2D eigenvalue weighted by atomic mass is 10.3. The molecule has 0 aliphatic rings. The van der Waals surface area contributed by atoms with Crippen molar-refractivity contribution in [1.29, 1.82) is 0 Å². The third kappa shape index (κ3) is 2.08. The number of aromatic nitrogens is 1. The Hall–Kier alpha value is -0.770. The lowest BCUT2D eigenvalue weighted by Gasteiger charge is -1.99. The van der Waals surface area contributed by atoms with E-state index in [2.05, 4.69) is 20.9 Å². The van der Waals surface area contributed by atoms with E-state index in [1.54, 1.807) is 0 Å². The molecule has 4 heteroatoms. The Morgan fingerprint density at radius 1 is 1.73 bits per heavy atom. The van der Waals surface area contributed by atoms with Crippen LogP contribution in [0, 0.1) is 5.82 Å². The topological polar surface area (TPSA) is 30.0 Å². The maximum atomic E-state index is 12.5. The minimum Gasteiger partial charge on any atom is -0.302 e. The Morgan fingerprint density at radius 2 is 2.45 bits per heavy atom. The smallest absolute Gasteiger partial charge is 0.139 e. The van der Waals surface area contributed by atoms with Crippen LogP contribution in [0.15, 0.2) is 18.3 Å². The number of rotatable bonds is 2. The van der Waals surface area contributed by atoms with E-state index in [1.807, 2.05) is 0 Å². The van der Waals surface area contributed by atoms with Crippen molar-refractivity contribution in [3.63, 3.8) is 0 Å². The fourth-order valence-electron chi connectivity index (χ4n) is 0.642. The van der Waals surface area contributed by atoms with Gasteiger partial charge in [0, 0.05) is 6.20 Å². The number of nitrogens with zero attached hydrogens (tertiary/aromatic N) is 1. The first-order valence-electron chi connectivity index (χ1n) is 2.95. The van der Waals surface area contributed by atoms with Crippen LogP contribution in [0.25, 0.3) is 0 Å². The van der Waals surface area contributed by atoms with Gasteiger partial charge in [-0.15, -0.1) is 0 Å². The number of hydrogen-bond acceptors (Lipinski definition) is 2. The quantitative estimate of drug-likeness (QED) is 0.560. The highest BCUT2D eigenvalue weighted by Crippen LogP contribution is 2.17. The molecule has 1 unspecified atom stereocenters. The van der Waals surface area contributed by atoms with Crippen LogP contribution in [-0.4, -0.2) is 11.3 Å². The van der Waals surface area contributed by atoms with Crippen LogP contribution >= 0.6 is 15.9 Å². The van der Waals surface area contributed by atoms with Crippen molar-refractivity contribution in [2.45, 2.75) is 4.83 Å². The fraction of sp³-hybridized carbons (Fsp3) is 0.143. The first-order chi connectivity index (χ1) is 5.24. The predicted molar refractivity (Wildman–Crippen MR) is 41.9 cm³/mol. The molecule has 1 rings (SSSR count). The van der Waals surface area contributed by atoms with Crippen LogP contribution in [-0.2, 0) is 4.79 Å². The Kier molecular flexibility index (Phi) is 2.70. The molecule has 1 heterocycles. The molecule has 0 N–H and O–H groups in total. The standard InChI is InChI=1S/C7H5BrFNO/c8-6(4-11)7-3-5(9)1-2-10-7/h1-4,6H. The van der Waals surface area contributed by atoms with Crippen molar-refractivity contribution in [3.05, 3.63) is 29.8 Å². The van der Waals surface area contributed by atoms with Gasteiger partial charge in [-0.2, -0.15) is 0 Å². The molecule has 2 nitrogen and oxygen atoms in total. The molecule has 1 aromatic heterocycles. The van der Waals surface area contributed by atoms with Gasteiger partial charge >= 0.3 is 0 Å². The van der Waals surface area contributed by atoms with E-state index < -0.39 is 4.83 Å². The van der Waals surface area contributed by atoms with Gasteiger partial charge in [-0.1, -0.05) is 15.9 Å². The zero-order valence-electron chi connectivity index (χ0n) is 5.50. The summed E-state index contributed by atoms with van der Waals surface area (Å²) in [6.07, 6.45) is 1.98. The Morgan fingerprint density at radius 3 is 3.00 bits per heavy atom. The average molecular weight is 218 g/mol. The monoisotopic (exact) mass is 217 g/mol. The molecule has 0 saturated carbocycles. The molecule has 1 atom stereocenters. The van der Waals surface area contributed by atoms with Gasteiger partial charge < -0.3 is 4.79 Å². The van der Waals surface area contributed by atoms with E-state index in [9.17, 15) is 9.18 Å². The predicted octanol–water partition coefficient (Wildman–Crippen LogP) is 1.86. The van der Waals surface area contributed by atoms with Crippen molar-refractivity contribution in [2.24, 2.45) is 0 Å². The van der Waals surface area contributed by atoms with Crippen molar-refractivity contribution >= 4 is 22.2 Å². The molecule has 0 bridgehead atoms. The van der Waals surface area contributed by atoms with Crippen molar-refractivity contribution < 1.29 is 9.18 Å². The summed E-state index contributed by atoms with van der Waals surface area (Å²) in [4.78, 5) is 13.5. The third-order valence-corrected chi connectivity index (χ3v) is 1.83. The highest BCUT2D eigenvalue weighted by atomic mass is 79.9. The molecule has 0 amide bonds. The Balaban J connectivity index is 2.95. The molecule has 58 valence electrons. The average Bonchev–Trinajstić information content (AvgIpc) is 2.03. The van der Waals surface area contributed by atoms with E-state index in [0.29, 0.717) is 12.0 Å². The molecule has 0 radical (unpaired) electrons. The number of alkyl halides is 1. The molecular formula is C7H5BrFNO. The number of hydrogen-bond donors (Lipinski definition) is 0. The SMILES string of the molecule is O=CC(Br)c1cc(F)ccn1. The van der Waals surface area contributed by atoms with Gasteiger partial charge in [-0.3, -0.25) is 4.98 Å². The van der Waals surface area contributed by atoms with Crippen molar-refractivity contribution in [1.82, 2.24) is 4.98 Å². The van der Waals surface area contributed by atoms with E-state index >= 15 is 0 Å². The second-order valence-corrected chi connectivity index (χ2v) is 2.92. The summed E-state index contributed by atoms with van der Waals surface area (Å²) in [5.41, 5.74) is 0.389. The fourth-order valence-corrected chi connectivity index (χ4v) is 0.892. The minimum atomic E-state index is -0.516. The van der Waals surface area contributed by atoms with Gasteiger partial charge in [-0.25, -0.2) is 4.39 Å². The first kappa shape index (κ1) is 8.33. The summed E-state index contributed by atoms with van der Waals surface area (Å²) in [6, 6.07) is 2.45. The normalized spacial score (nSPS) is 12.5. The summed E-state index contributed by atoms with van der Waals surface area (Å²) in [5.74, 6) is -0.388. The molecule has 0 fully saturated rings. The number of halogens is 2. The minimum absolute atomic E-state index is 0.388. The second kappa shape index (κ2) is 3.57. The second-order valence-electron chi connectivity index (χ2n) is 1.94. The number of pyridine rings is 1. The number of aldehydes is 1. The summed E-state index contributed by atoms with van der Waals surface area (Å²) >= 11 is 3.02. The largest absolute Gasteiger partial charge is 0.302 e. The van der Waals surface area contributed by atoms with Gasteiger partial charge in [0.05, 0.1) is 5.69 Å². The van der Waals surface area contributed by atoms with E-state index in [-0.39, 0.29) is 5.82 Å². The summed E-state index contributed by atoms with van der Waals surface area (Å²) in [6.45, 7) is 0. The summed E-state index contributed by atoms with van der Waals surface area (Å²) in [7, 11) is 0. The molecule has 0 spiro atoms. The van der Waals surface area contributed by atoms with Crippen molar-refractivity contribution in [3.8, 4) is 0 Å². The summed E-state index contributed by atoms with van der Waals surface area (Å²) < 4.78 is 12.5. The van der Waals surface area contributed by atoms with Crippen LogP contribution in [0.2, 0.25) is 0 Å². The maximum absolute atomic E-state index is 12.5. The van der Waals surface area contributed by atoms with E-state index in [1.165, 1.54) is 18.3 Å². The molecule has 0 aliphatic heterocycles. The lowest BCUT2D eigenvalue weighted by molar-refractivity contribution is -0.107. The third-order valence-electron chi connectivity index (χ3n) is 1.15. The van der Waals surface area contributed by atoms with Crippen LogP contribution in [0.1, 0.15) is 10.5 Å². The van der Waals surface area contributed by atoms with Crippen LogP contribution in [0.3, 0.4) is 0 Å². The molecule has 0 aromatic carbocycles. The van der Waals surface area contributed by atoms with Crippen LogP contribution in [0.4, 0.5) is 4.39 Å². The number of carbonyl (C=O) groups excluding carboxylic acids is 1. The van der Waals surface area contributed by atoms with Gasteiger partial charge in [0.15, 0.2) is 0 Å². The van der Waals surface area contributed by atoms with E-state index in [0.717, 1.165) is 0 Å². The maximum Gasteiger partial charge on any atom is 0.139 e. The van der Waals surface area contributed by atoms with Gasteiger partial charge in [0.25, 0.3) is 0 Å². The Bertz CT molecular complexity index is 266. The number of carbonyl (C=O) groups is 1. The highest BCUT2D eigenvalue weighted by Gasteiger charge is 2.06. The van der Waals surface area contributed by atoms with Gasteiger partial charge in [0.1, 0.15) is 16.9 Å². The van der Waals surface area contributed by atoms with E-state index in [4.69, 9.17) is 0 Å². The van der Waals surface area contributed by atoms with Crippen molar-refractivity contribution in [2.75, 3.05) is 0 Å². The van der Waals surface area contributed by atoms with Crippen LogP contribution < -0.4 is 0 Å². The zero-order chi connectivity index (χ0) is 8.27. The Labute approximate surface area is 71.6 Å². The zero-order valence-corrected chi connectivity index (χ0v) is 7.08. The molecule has 11 heavy (non-hydrogen) atoms. The van der Waals surface area contributed by atoms with Gasteiger partial charge in [-0.05, 0) is 12.1 Å². The molecular weight excluding hydrogens is 213 g/mol. The van der Waals surface area contributed by atoms with Crippen LogP contribution in [0.5, 0.6) is 0 Å². The molecule has 1 aromatic rings. The highest BCUT2D eigenvalue weighted by molar-refractivity contribution is 9.09.